The van der Waals surface area contributed by atoms with Gasteiger partial charge in [0.2, 0.25) is 5.95 Å². The van der Waals surface area contributed by atoms with Crippen molar-refractivity contribution in [3.8, 4) is 0 Å². The zero-order valence-electron chi connectivity index (χ0n) is 9.67. The van der Waals surface area contributed by atoms with Crippen LogP contribution in [0.3, 0.4) is 0 Å². The molecular weight excluding hydrogens is 306 g/mol. The van der Waals surface area contributed by atoms with E-state index in [1.165, 1.54) is 0 Å². The number of rotatable bonds is 3. The van der Waals surface area contributed by atoms with Crippen molar-refractivity contribution in [1.29, 1.82) is 0 Å². The predicted molar refractivity (Wildman–Crippen MR) is 69.8 cm³/mol. The van der Waals surface area contributed by atoms with Gasteiger partial charge in [0, 0.05) is 25.5 Å². The van der Waals surface area contributed by atoms with Crippen LogP contribution in [0.25, 0.3) is 0 Å². The summed E-state index contributed by atoms with van der Waals surface area (Å²) in [6.07, 6.45) is 3.32. The Morgan fingerprint density at radius 3 is 2.35 bits per heavy atom. The van der Waals surface area contributed by atoms with Gasteiger partial charge >= 0.3 is 0 Å². The molecule has 0 aromatic carbocycles. The molecule has 7 heteroatoms. The summed E-state index contributed by atoms with van der Waals surface area (Å²) in [6, 6.07) is 0. The average molecular weight is 320 g/mol. The second kappa shape index (κ2) is 4.53. The number of hydrogen-bond acceptors (Lipinski definition) is 5. The molecule has 2 heterocycles. The van der Waals surface area contributed by atoms with Gasteiger partial charge in [-0.05, 0) is 29.8 Å². The van der Waals surface area contributed by atoms with Crippen molar-refractivity contribution in [2.45, 2.75) is 24.3 Å². The largest absolute Gasteiger partial charge is 0.338 e. The van der Waals surface area contributed by atoms with Gasteiger partial charge in [0.1, 0.15) is 0 Å². The molecule has 0 amide bonds. The molecule has 0 unspecified atom stereocenters. The van der Waals surface area contributed by atoms with Crippen LogP contribution in [0.2, 0.25) is 0 Å². The maximum Gasteiger partial charge on any atom is 0.225 e. The molecule has 1 aliphatic heterocycles. The third kappa shape index (κ3) is 2.44. The Kier molecular flexibility index (Phi) is 3.40. The number of aromatic nitrogens is 2. The zero-order chi connectivity index (χ0) is 12.6. The molecule has 0 atom stereocenters. The van der Waals surface area contributed by atoms with E-state index in [0.717, 1.165) is 4.47 Å². The first-order valence-electron chi connectivity index (χ1n) is 5.36. The van der Waals surface area contributed by atoms with Crippen LogP contribution in [0.4, 0.5) is 5.95 Å². The highest BCUT2D eigenvalue weighted by molar-refractivity contribution is 9.10. The number of nitrogens with zero attached hydrogens (tertiary/aromatic N) is 3. The molecule has 1 saturated heterocycles. The summed E-state index contributed by atoms with van der Waals surface area (Å²) >= 11 is 3.26. The van der Waals surface area contributed by atoms with Crippen molar-refractivity contribution in [1.82, 2.24) is 9.97 Å². The standard InChI is InChI=1S/C10H14BrN3O2S/c1-7(2)17(15,16)9-5-14(6-9)10-12-3-8(11)4-13-10/h3-4,7,9H,5-6H2,1-2H3. The summed E-state index contributed by atoms with van der Waals surface area (Å²) in [6.45, 7) is 4.41. The molecule has 0 radical (unpaired) electrons. The van der Waals surface area contributed by atoms with E-state index in [1.54, 1.807) is 26.2 Å². The molecule has 0 spiro atoms. The third-order valence-electron chi connectivity index (χ3n) is 2.86. The second-order valence-corrected chi connectivity index (χ2v) is 8.07. The van der Waals surface area contributed by atoms with Gasteiger partial charge in [-0.2, -0.15) is 0 Å². The summed E-state index contributed by atoms with van der Waals surface area (Å²) in [7, 11) is -3.00. The van der Waals surface area contributed by atoms with E-state index in [0.29, 0.717) is 19.0 Å². The van der Waals surface area contributed by atoms with Crippen molar-refractivity contribution < 1.29 is 8.42 Å². The SMILES string of the molecule is CC(C)S(=O)(=O)C1CN(c2ncc(Br)cn2)C1. The molecule has 0 aliphatic carbocycles. The Bertz CT molecular complexity index is 495. The zero-order valence-corrected chi connectivity index (χ0v) is 12.1. The number of halogens is 1. The molecule has 0 saturated carbocycles. The number of sulfone groups is 1. The first-order valence-corrected chi connectivity index (χ1v) is 7.76. The van der Waals surface area contributed by atoms with Crippen LogP contribution >= 0.6 is 15.9 Å². The predicted octanol–water partition coefficient (Wildman–Crippen LogP) is 1.25. The van der Waals surface area contributed by atoms with Crippen LogP contribution in [0.1, 0.15) is 13.8 Å². The summed E-state index contributed by atoms with van der Waals surface area (Å²) in [5.41, 5.74) is 0. The molecular formula is C10H14BrN3O2S. The molecule has 5 nitrogen and oxygen atoms in total. The van der Waals surface area contributed by atoms with E-state index in [2.05, 4.69) is 25.9 Å². The fourth-order valence-electron chi connectivity index (χ4n) is 1.66. The van der Waals surface area contributed by atoms with Crippen LogP contribution < -0.4 is 4.90 Å². The van der Waals surface area contributed by atoms with Crippen molar-refractivity contribution in [3.63, 3.8) is 0 Å². The van der Waals surface area contributed by atoms with Gasteiger partial charge in [-0.25, -0.2) is 18.4 Å². The van der Waals surface area contributed by atoms with Gasteiger partial charge in [-0.3, -0.25) is 0 Å². The highest BCUT2D eigenvalue weighted by atomic mass is 79.9. The molecule has 1 aromatic rings. The lowest BCUT2D eigenvalue weighted by molar-refractivity contribution is 0.529. The lowest BCUT2D eigenvalue weighted by atomic mass is 10.2. The third-order valence-corrected chi connectivity index (χ3v) is 5.81. The van der Waals surface area contributed by atoms with Gasteiger partial charge in [-0.1, -0.05) is 0 Å². The first kappa shape index (κ1) is 12.8. The number of anilines is 1. The fraction of sp³-hybridized carbons (Fsp3) is 0.600. The Balaban J connectivity index is 2.02. The van der Waals surface area contributed by atoms with E-state index in [4.69, 9.17) is 0 Å². The monoisotopic (exact) mass is 319 g/mol. The van der Waals surface area contributed by atoms with E-state index in [1.807, 2.05) is 4.90 Å². The van der Waals surface area contributed by atoms with Crippen LogP contribution in [-0.4, -0.2) is 42.0 Å². The van der Waals surface area contributed by atoms with Crippen molar-refractivity contribution in [2.24, 2.45) is 0 Å². The first-order chi connectivity index (χ1) is 7.91. The Hall–Kier alpha value is -0.690. The maximum atomic E-state index is 11.9. The molecule has 0 N–H and O–H groups in total. The van der Waals surface area contributed by atoms with Crippen molar-refractivity contribution in [2.75, 3.05) is 18.0 Å². The highest BCUT2D eigenvalue weighted by Gasteiger charge is 2.39. The minimum Gasteiger partial charge on any atom is -0.338 e. The van der Waals surface area contributed by atoms with Crippen LogP contribution in [0, 0.1) is 0 Å². The molecule has 1 aromatic heterocycles. The second-order valence-electron chi connectivity index (χ2n) is 4.37. The quantitative estimate of drug-likeness (QED) is 0.839. The van der Waals surface area contributed by atoms with Gasteiger partial charge in [-0.15, -0.1) is 0 Å². The van der Waals surface area contributed by atoms with Crippen molar-refractivity contribution >= 4 is 31.7 Å². The fourth-order valence-corrected chi connectivity index (χ4v) is 3.41. The molecule has 1 aliphatic rings. The Morgan fingerprint density at radius 2 is 1.88 bits per heavy atom. The number of hydrogen-bond donors (Lipinski definition) is 0. The topological polar surface area (TPSA) is 63.2 Å². The van der Waals surface area contributed by atoms with Crippen LogP contribution in [-0.2, 0) is 9.84 Å². The smallest absolute Gasteiger partial charge is 0.225 e. The Labute approximate surface area is 109 Å². The summed E-state index contributed by atoms with van der Waals surface area (Å²) in [4.78, 5) is 10.1. The van der Waals surface area contributed by atoms with Gasteiger partial charge in [0.15, 0.2) is 9.84 Å². The van der Waals surface area contributed by atoms with Gasteiger partial charge in [0.05, 0.1) is 15.0 Å². The normalized spacial score (nSPS) is 17.3. The molecule has 0 bridgehead atoms. The Morgan fingerprint density at radius 1 is 1.35 bits per heavy atom. The van der Waals surface area contributed by atoms with Gasteiger partial charge in [0.25, 0.3) is 0 Å². The van der Waals surface area contributed by atoms with E-state index in [-0.39, 0.29) is 10.5 Å². The lowest BCUT2D eigenvalue weighted by Gasteiger charge is -2.39. The van der Waals surface area contributed by atoms with E-state index < -0.39 is 9.84 Å². The van der Waals surface area contributed by atoms with Crippen LogP contribution in [0.5, 0.6) is 0 Å². The molecule has 2 rings (SSSR count). The highest BCUT2D eigenvalue weighted by Crippen LogP contribution is 2.24. The lowest BCUT2D eigenvalue weighted by Crippen LogP contribution is -2.56. The summed E-state index contributed by atoms with van der Waals surface area (Å²) in [5, 5.41) is -0.602. The molecule has 94 valence electrons. The minimum absolute atomic E-state index is 0.283. The minimum atomic E-state index is -3.00. The van der Waals surface area contributed by atoms with Gasteiger partial charge < -0.3 is 4.90 Å². The van der Waals surface area contributed by atoms with Crippen molar-refractivity contribution in [3.05, 3.63) is 16.9 Å². The maximum absolute atomic E-state index is 11.9. The summed E-state index contributed by atoms with van der Waals surface area (Å²) in [5.74, 6) is 0.586. The average Bonchev–Trinajstić information content (AvgIpc) is 2.18. The summed E-state index contributed by atoms with van der Waals surface area (Å²) < 4.78 is 24.6. The van der Waals surface area contributed by atoms with E-state index >= 15 is 0 Å². The van der Waals surface area contributed by atoms with E-state index in [9.17, 15) is 8.42 Å². The molecule has 1 fully saturated rings. The van der Waals surface area contributed by atoms with Crippen LogP contribution in [0.15, 0.2) is 16.9 Å². The molecule has 17 heavy (non-hydrogen) atoms.